The Hall–Kier alpha value is -2.06. The fraction of sp³-hybridized carbons (Fsp3) is 0.655. The van der Waals surface area contributed by atoms with Crippen molar-refractivity contribution in [1.82, 2.24) is 15.1 Å². The molecule has 4 nitrogen and oxygen atoms in total. The number of likely N-dealkylation sites (tertiary alicyclic amines) is 1. The highest BCUT2D eigenvalue weighted by molar-refractivity contribution is 5.37. The third kappa shape index (κ3) is 9.02. The van der Waals surface area contributed by atoms with Crippen LogP contribution < -0.4 is 5.32 Å². The molecule has 0 saturated carbocycles. The minimum atomic E-state index is -3.42. The van der Waals surface area contributed by atoms with Crippen LogP contribution >= 0.6 is 0 Å². The van der Waals surface area contributed by atoms with Gasteiger partial charge in [-0.2, -0.15) is 8.78 Å². The molecule has 0 aromatic heterocycles. The Labute approximate surface area is 219 Å². The highest BCUT2D eigenvalue weighted by atomic mass is 19.3. The molecule has 208 valence electrons. The summed E-state index contributed by atoms with van der Waals surface area (Å²) in [6.07, 6.45) is 13.5. The Morgan fingerprint density at radius 3 is 2.65 bits per heavy atom. The van der Waals surface area contributed by atoms with Gasteiger partial charge in [-0.3, -0.25) is 0 Å². The largest absolute Gasteiger partial charge is 0.385 e. The van der Waals surface area contributed by atoms with Crippen LogP contribution in [0.5, 0.6) is 0 Å². The standard InChI is InChI=1S/C29H43F4N3O/c1-3-26(29(32,33)22-31)18-23(2)9-12-35-11-5-6-24(10-13-35)21-34-27-7-4-8-28(25(19-27)20-30)36-14-16-37-17-15-36/h3-4,7,18-19,24,34H,5-6,8-17,20-22H2,1-2H3/b23-18+,26-3+. The van der Waals surface area contributed by atoms with Gasteiger partial charge in [0.2, 0.25) is 0 Å². The molecule has 3 rings (SSSR count). The van der Waals surface area contributed by atoms with Gasteiger partial charge in [0.15, 0.2) is 6.67 Å². The summed E-state index contributed by atoms with van der Waals surface area (Å²) in [6, 6.07) is 0. The molecule has 8 heteroatoms. The molecule has 2 aliphatic heterocycles. The van der Waals surface area contributed by atoms with E-state index in [4.69, 9.17) is 4.74 Å². The van der Waals surface area contributed by atoms with E-state index >= 15 is 0 Å². The summed E-state index contributed by atoms with van der Waals surface area (Å²) < 4.78 is 59.5. The summed E-state index contributed by atoms with van der Waals surface area (Å²) in [7, 11) is 0. The van der Waals surface area contributed by atoms with Crippen molar-refractivity contribution in [3.63, 3.8) is 0 Å². The van der Waals surface area contributed by atoms with E-state index in [1.165, 1.54) is 19.1 Å². The van der Waals surface area contributed by atoms with Crippen LogP contribution in [0.4, 0.5) is 17.6 Å². The molecule has 2 heterocycles. The lowest BCUT2D eigenvalue weighted by molar-refractivity contribution is 0.0185. The molecule has 37 heavy (non-hydrogen) atoms. The van der Waals surface area contributed by atoms with Crippen LogP contribution in [0.1, 0.15) is 46.0 Å². The van der Waals surface area contributed by atoms with Gasteiger partial charge in [-0.05, 0) is 70.7 Å². The maximum absolute atomic E-state index is 13.9. The van der Waals surface area contributed by atoms with E-state index in [-0.39, 0.29) is 5.57 Å². The van der Waals surface area contributed by atoms with E-state index in [0.29, 0.717) is 25.6 Å². The lowest BCUT2D eigenvalue weighted by Gasteiger charge is -2.31. The van der Waals surface area contributed by atoms with Gasteiger partial charge < -0.3 is 19.9 Å². The van der Waals surface area contributed by atoms with Crippen molar-refractivity contribution < 1.29 is 22.3 Å². The van der Waals surface area contributed by atoms with Gasteiger partial charge in [0.1, 0.15) is 6.67 Å². The molecule has 3 aliphatic rings. The predicted octanol–water partition coefficient (Wildman–Crippen LogP) is 5.97. The first-order valence-corrected chi connectivity index (χ1v) is 13.6. The van der Waals surface area contributed by atoms with Gasteiger partial charge in [-0.15, -0.1) is 0 Å². The van der Waals surface area contributed by atoms with Crippen LogP contribution in [-0.2, 0) is 4.74 Å². The van der Waals surface area contributed by atoms with Crippen LogP contribution in [0.3, 0.4) is 0 Å². The molecule has 0 amide bonds. The highest BCUT2D eigenvalue weighted by Crippen LogP contribution is 2.27. The molecule has 0 bridgehead atoms. The maximum Gasteiger partial charge on any atom is 0.300 e. The Balaban J connectivity index is 1.48. The minimum absolute atomic E-state index is 0.251. The molecule has 1 unspecified atom stereocenters. The van der Waals surface area contributed by atoms with E-state index in [9.17, 15) is 17.6 Å². The van der Waals surface area contributed by atoms with Gasteiger partial charge in [-0.1, -0.05) is 23.8 Å². The number of morpholine rings is 1. The van der Waals surface area contributed by atoms with Gasteiger partial charge in [-0.25, -0.2) is 8.78 Å². The van der Waals surface area contributed by atoms with Gasteiger partial charge in [0, 0.05) is 55.1 Å². The van der Waals surface area contributed by atoms with Crippen molar-refractivity contribution in [2.75, 3.05) is 65.8 Å². The zero-order chi connectivity index (χ0) is 26.7. The lowest BCUT2D eigenvalue weighted by Crippen LogP contribution is -2.36. The number of nitrogens with one attached hydrogen (secondary N) is 1. The number of ether oxygens (including phenoxy) is 1. The second kappa shape index (κ2) is 14.8. The molecule has 2 saturated heterocycles. The summed E-state index contributed by atoms with van der Waals surface area (Å²) in [6.45, 7) is 7.77. The molecular formula is C29H43F4N3O. The van der Waals surface area contributed by atoms with Crippen LogP contribution in [0, 0.1) is 5.92 Å². The molecule has 0 radical (unpaired) electrons. The first-order chi connectivity index (χ1) is 17.9. The van der Waals surface area contributed by atoms with Crippen molar-refractivity contribution in [1.29, 1.82) is 0 Å². The zero-order valence-corrected chi connectivity index (χ0v) is 22.4. The van der Waals surface area contributed by atoms with Gasteiger partial charge in [0.05, 0.1) is 13.2 Å². The molecular weight excluding hydrogens is 482 g/mol. The van der Waals surface area contributed by atoms with E-state index in [1.54, 1.807) is 0 Å². The number of hydrogen-bond acceptors (Lipinski definition) is 4. The van der Waals surface area contributed by atoms with E-state index < -0.39 is 19.3 Å². The third-order valence-electron chi connectivity index (χ3n) is 7.51. The molecule has 1 aliphatic carbocycles. The lowest BCUT2D eigenvalue weighted by atomic mass is 10.0. The summed E-state index contributed by atoms with van der Waals surface area (Å²) in [5.74, 6) is -2.90. The monoisotopic (exact) mass is 525 g/mol. The molecule has 2 fully saturated rings. The number of allylic oxidation sites excluding steroid dienone is 7. The molecule has 0 aromatic carbocycles. The van der Waals surface area contributed by atoms with Gasteiger partial charge >= 0.3 is 5.92 Å². The van der Waals surface area contributed by atoms with Crippen molar-refractivity contribution in [2.24, 2.45) is 5.92 Å². The number of nitrogens with zero attached hydrogens (tertiary/aromatic N) is 2. The molecule has 1 N–H and O–H groups in total. The molecule has 0 aromatic rings. The van der Waals surface area contributed by atoms with Crippen molar-refractivity contribution >= 4 is 0 Å². The SMILES string of the molecule is C/C=C(\C=C(/C)CCN1CCCC(CNC2=CC(CF)=C(N3CCOCC3)CC=C2)CC1)C(F)(F)CF. The normalized spacial score (nSPS) is 23.1. The Bertz CT molecular complexity index is 888. The van der Waals surface area contributed by atoms with Crippen molar-refractivity contribution in [3.05, 3.63) is 58.5 Å². The number of alkyl halides is 4. The average molecular weight is 526 g/mol. The topological polar surface area (TPSA) is 27.7 Å². The quantitative estimate of drug-likeness (QED) is 0.266. The highest BCUT2D eigenvalue weighted by Gasteiger charge is 2.32. The van der Waals surface area contributed by atoms with E-state index in [1.807, 2.05) is 13.0 Å². The van der Waals surface area contributed by atoms with Crippen LogP contribution in [-0.4, -0.2) is 81.6 Å². The zero-order valence-electron chi connectivity index (χ0n) is 22.4. The predicted molar refractivity (Wildman–Crippen MR) is 142 cm³/mol. The summed E-state index contributed by atoms with van der Waals surface area (Å²) >= 11 is 0. The molecule has 0 spiro atoms. The fourth-order valence-electron chi connectivity index (χ4n) is 5.20. The Morgan fingerprint density at radius 1 is 1.16 bits per heavy atom. The number of rotatable bonds is 11. The first kappa shape index (κ1) is 29.5. The second-order valence-corrected chi connectivity index (χ2v) is 10.3. The van der Waals surface area contributed by atoms with E-state index in [2.05, 4.69) is 27.3 Å². The van der Waals surface area contributed by atoms with Crippen LogP contribution in [0.15, 0.2) is 58.5 Å². The second-order valence-electron chi connectivity index (χ2n) is 10.3. The van der Waals surface area contributed by atoms with Crippen molar-refractivity contribution in [2.45, 2.75) is 51.9 Å². The van der Waals surface area contributed by atoms with Gasteiger partial charge in [0.25, 0.3) is 0 Å². The Kier molecular flexibility index (Phi) is 11.8. The average Bonchev–Trinajstić information content (AvgIpc) is 3.27. The number of hydrogen-bond donors (Lipinski definition) is 1. The summed E-state index contributed by atoms with van der Waals surface area (Å²) in [5, 5.41) is 3.55. The summed E-state index contributed by atoms with van der Waals surface area (Å²) in [4.78, 5) is 4.63. The Morgan fingerprint density at radius 2 is 1.95 bits per heavy atom. The maximum atomic E-state index is 13.9. The first-order valence-electron chi connectivity index (χ1n) is 13.6. The smallest absolute Gasteiger partial charge is 0.300 e. The van der Waals surface area contributed by atoms with Crippen LogP contribution in [0.2, 0.25) is 0 Å². The minimum Gasteiger partial charge on any atom is -0.385 e. The van der Waals surface area contributed by atoms with E-state index in [0.717, 1.165) is 87.5 Å². The third-order valence-corrected chi connectivity index (χ3v) is 7.51. The summed E-state index contributed by atoms with van der Waals surface area (Å²) in [5.41, 5.74) is 3.35. The molecule has 1 atom stereocenters. The van der Waals surface area contributed by atoms with Crippen molar-refractivity contribution in [3.8, 4) is 0 Å². The van der Waals surface area contributed by atoms with Crippen LogP contribution in [0.25, 0.3) is 0 Å². The fourth-order valence-corrected chi connectivity index (χ4v) is 5.20. The number of halogens is 4.